The molecule has 10 heteroatoms. The molecule has 2 aliphatic rings. The van der Waals surface area contributed by atoms with Crippen LogP contribution in [0.25, 0.3) is 0 Å². The zero-order valence-corrected chi connectivity index (χ0v) is 19.3. The molecule has 0 saturated carbocycles. The van der Waals surface area contributed by atoms with E-state index in [0.717, 1.165) is 37.1 Å². The maximum atomic E-state index is 9.87. The molecule has 30 heavy (non-hydrogen) atoms. The lowest BCUT2D eigenvalue weighted by atomic mass is 9.85. The lowest BCUT2D eigenvalue weighted by molar-refractivity contribution is -0.401. The van der Waals surface area contributed by atoms with Gasteiger partial charge in [-0.3, -0.25) is 4.90 Å². The van der Waals surface area contributed by atoms with Gasteiger partial charge < -0.3 is 34.6 Å². The molecular weight excluding hydrogens is 457 g/mol. The quantitative estimate of drug-likeness (QED) is 0.363. The number of hydrogen-bond acceptors (Lipinski definition) is 8. The molecule has 0 bridgehead atoms. The molecule has 2 radical (unpaired) electrons. The van der Waals surface area contributed by atoms with Gasteiger partial charge in [0.1, 0.15) is 0 Å². The van der Waals surface area contributed by atoms with Gasteiger partial charge >= 0.3 is 5.97 Å². The topological polar surface area (TPSA) is 112 Å². The van der Waals surface area contributed by atoms with Crippen molar-refractivity contribution in [2.24, 2.45) is 0 Å². The summed E-state index contributed by atoms with van der Waals surface area (Å²) >= 11 is 3.47. The van der Waals surface area contributed by atoms with Crippen molar-refractivity contribution in [3.63, 3.8) is 0 Å². The summed E-state index contributed by atoms with van der Waals surface area (Å²) in [6.45, 7) is 7.82. The van der Waals surface area contributed by atoms with E-state index in [9.17, 15) is 20.4 Å². The Morgan fingerprint density at radius 2 is 1.83 bits per heavy atom. The molecule has 2 unspecified atom stereocenters. The first-order chi connectivity index (χ1) is 13.7. The Morgan fingerprint density at radius 3 is 2.40 bits per heavy atom. The smallest absolute Gasteiger partial charge is 0.368 e. The summed E-state index contributed by atoms with van der Waals surface area (Å²) in [7, 11) is 6.41. The molecule has 4 N–H and O–H groups in total. The van der Waals surface area contributed by atoms with E-state index in [1.165, 1.54) is 7.11 Å². The average molecular weight is 486 g/mol. The highest BCUT2D eigenvalue weighted by Gasteiger charge is 2.47. The molecule has 2 atom stereocenters. The monoisotopic (exact) mass is 485 g/mol. The summed E-state index contributed by atoms with van der Waals surface area (Å²) in [4.78, 5) is 2.39. The second-order valence-corrected chi connectivity index (χ2v) is 9.71. The fourth-order valence-electron chi connectivity index (χ4n) is 4.14. The molecule has 1 saturated heterocycles. The summed E-state index contributed by atoms with van der Waals surface area (Å²) in [5, 5.41) is 38.5. The van der Waals surface area contributed by atoms with Crippen LogP contribution in [0, 0.1) is 0 Å². The third-order valence-corrected chi connectivity index (χ3v) is 6.27. The molecule has 2 aliphatic heterocycles. The Kier molecular flexibility index (Phi) is 6.53. The van der Waals surface area contributed by atoms with Crippen LogP contribution in [0.1, 0.15) is 50.8 Å². The molecule has 166 valence electrons. The van der Waals surface area contributed by atoms with E-state index in [1.54, 1.807) is 6.07 Å². The van der Waals surface area contributed by atoms with Crippen molar-refractivity contribution in [3.8, 4) is 11.5 Å². The van der Waals surface area contributed by atoms with E-state index in [2.05, 4.69) is 41.6 Å². The van der Waals surface area contributed by atoms with Crippen molar-refractivity contribution in [1.29, 1.82) is 0 Å². The molecule has 3 rings (SSSR count). The van der Waals surface area contributed by atoms with Crippen molar-refractivity contribution >= 4 is 23.8 Å². The minimum absolute atomic E-state index is 0.0719. The third kappa shape index (κ3) is 4.80. The van der Waals surface area contributed by atoms with Crippen molar-refractivity contribution in [2.75, 3.05) is 20.2 Å². The van der Waals surface area contributed by atoms with Gasteiger partial charge in [0.05, 0.1) is 23.3 Å². The number of fused-ring (bicyclic) bond motifs is 3. The molecule has 0 amide bonds. The van der Waals surface area contributed by atoms with Crippen LogP contribution in [0.4, 0.5) is 0 Å². The normalized spacial score (nSPS) is 23.0. The molecule has 2 heterocycles. The molecule has 0 aliphatic carbocycles. The van der Waals surface area contributed by atoms with Crippen LogP contribution in [0.2, 0.25) is 0 Å². The van der Waals surface area contributed by atoms with Crippen molar-refractivity contribution in [2.45, 2.75) is 69.4 Å². The number of piperidine rings is 1. The first kappa shape index (κ1) is 23.8. The molecule has 1 fully saturated rings. The van der Waals surface area contributed by atoms with E-state index in [4.69, 9.17) is 22.1 Å². The molecule has 0 spiro atoms. The van der Waals surface area contributed by atoms with Gasteiger partial charge in [-0.25, -0.2) is 0 Å². The van der Waals surface area contributed by atoms with Crippen molar-refractivity contribution in [3.05, 3.63) is 21.7 Å². The summed E-state index contributed by atoms with van der Waals surface area (Å²) in [6.07, 6.45) is 2.70. The van der Waals surface area contributed by atoms with E-state index in [1.807, 2.05) is 0 Å². The van der Waals surface area contributed by atoms with Crippen LogP contribution < -0.4 is 9.47 Å². The van der Waals surface area contributed by atoms with Crippen LogP contribution in [-0.4, -0.2) is 76.7 Å². The Balaban J connectivity index is 1.91. The van der Waals surface area contributed by atoms with Crippen LogP contribution in [-0.2, 0) is 11.2 Å². The Bertz CT molecular complexity index is 791. The third-order valence-electron chi connectivity index (χ3n) is 5.44. The van der Waals surface area contributed by atoms with Crippen LogP contribution >= 0.6 is 15.9 Å². The summed E-state index contributed by atoms with van der Waals surface area (Å²) < 4.78 is 17.1. The first-order valence-electron chi connectivity index (χ1n) is 9.92. The minimum atomic E-state index is -3.44. The first-order valence-corrected chi connectivity index (χ1v) is 10.7. The van der Waals surface area contributed by atoms with Crippen LogP contribution in [0.3, 0.4) is 0 Å². The Labute approximate surface area is 186 Å². The lowest BCUT2D eigenvalue weighted by Crippen LogP contribution is -2.59. The number of ether oxygens (including phenoxy) is 3. The number of aliphatic hydroxyl groups is 4. The number of methoxy groups -OCH3 is 1. The van der Waals surface area contributed by atoms with Gasteiger partial charge in [0.25, 0.3) is 0 Å². The number of rotatable bonds is 5. The van der Waals surface area contributed by atoms with Crippen LogP contribution in [0.5, 0.6) is 11.5 Å². The van der Waals surface area contributed by atoms with Gasteiger partial charge in [0.2, 0.25) is 5.69 Å². The highest BCUT2D eigenvalue weighted by molar-refractivity contribution is 9.10. The zero-order chi connectivity index (χ0) is 22.5. The zero-order valence-electron chi connectivity index (χ0n) is 17.7. The van der Waals surface area contributed by atoms with Gasteiger partial charge in [-0.2, -0.15) is 0 Å². The summed E-state index contributed by atoms with van der Waals surface area (Å²) in [5.74, 6) is -3.30. The van der Waals surface area contributed by atoms with Crippen LogP contribution in [0.15, 0.2) is 10.5 Å². The predicted octanol–water partition coefficient (Wildman–Crippen LogP) is 1.16. The molecule has 1 aromatic rings. The average Bonchev–Trinajstić information content (AvgIpc) is 2.60. The molecule has 1 aromatic carbocycles. The van der Waals surface area contributed by atoms with Gasteiger partial charge in [0, 0.05) is 19.1 Å². The summed E-state index contributed by atoms with van der Waals surface area (Å²) in [5.41, 5.74) is -1.59. The fourth-order valence-corrected chi connectivity index (χ4v) is 4.84. The van der Waals surface area contributed by atoms with Crippen molar-refractivity contribution in [1.82, 2.24) is 4.90 Å². The lowest BCUT2D eigenvalue weighted by Gasteiger charge is -2.45. The van der Waals surface area contributed by atoms with Crippen molar-refractivity contribution < 1.29 is 34.6 Å². The predicted molar refractivity (Wildman–Crippen MR) is 113 cm³/mol. The number of hydrogen-bond donors (Lipinski definition) is 4. The van der Waals surface area contributed by atoms with Gasteiger partial charge in [0.15, 0.2) is 19.3 Å². The second-order valence-electron chi connectivity index (χ2n) is 8.92. The second kappa shape index (κ2) is 8.24. The highest BCUT2D eigenvalue weighted by atomic mass is 79.9. The minimum Gasteiger partial charge on any atom is -0.493 e. The molecule has 8 nitrogen and oxygen atoms in total. The molecule has 0 aromatic heterocycles. The van der Waals surface area contributed by atoms with Gasteiger partial charge in [-0.05, 0) is 73.2 Å². The number of benzene rings is 1. The van der Waals surface area contributed by atoms with E-state index < -0.39 is 11.7 Å². The van der Waals surface area contributed by atoms with E-state index in [-0.39, 0.29) is 29.2 Å². The Hall–Kier alpha value is -0.875. The van der Waals surface area contributed by atoms with E-state index >= 15 is 0 Å². The maximum absolute atomic E-state index is 9.87. The number of halogens is 1. The fraction of sp³-hybridized carbons (Fsp3) is 0.700. The van der Waals surface area contributed by atoms with Gasteiger partial charge in [-0.15, -0.1) is 0 Å². The largest absolute Gasteiger partial charge is 0.493 e. The van der Waals surface area contributed by atoms with Gasteiger partial charge in [-0.1, -0.05) is 0 Å². The molecular formula is C20H29BBrNO7. The standard InChI is InChI=1S/C20H29BBrNO7/c1-18(2,3)29-11-5-6-14-13-9-15(28-4)17(30-20(26,27)19(21,24)25)16(22)12(13)7-8-23(14)10-11/h9,11,14,24-27H,5-8,10H2,1-4H3. The maximum Gasteiger partial charge on any atom is 0.368 e. The SMILES string of the molecule is [B]C(O)(O)C(O)(O)Oc1c(OC)cc2c(c1Br)CCN1CC(OC(C)(C)C)CCC21. The van der Waals surface area contributed by atoms with E-state index in [0.29, 0.717) is 10.9 Å². The Morgan fingerprint density at radius 1 is 1.17 bits per heavy atom. The number of nitrogens with zero attached hydrogens (tertiary/aromatic N) is 1. The highest BCUT2D eigenvalue weighted by Crippen LogP contribution is 2.48. The summed E-state index contributed by atoms with van der Waals surface area (Å²) in [6, 6.07) is 1.96.